The van der Waals surface area contributed by atoms with Gasteiger partial charge in [-0.25, -0.2) is 0 Å². The lowest BCUT2D eigenvalue weighted by atomic mass is 10.0. The number of rotatable bonds is 5. The molecule has 0 radical (unpaired) electrons. The van der Waals surface area contributed by atoms with Gasteiger partial charge in [-0.05, 0) is 30.0 Å². The van der Waals surface area contributed by atoms with Crippen LogP contribution in [-0.2, 0) is 16.0 Å². The van der Waals surface area contributed by atoms with Crippen LogP contribution in [-0.4, -0.2) is 36.3 Å². The number of amides is 2. The maximum Gasteiger partial charge on any atom is 0.310 e. The first-order valence-electron chi connectivity index (χ1n) is 7.17. The highest BCUT2D eigenvalue weighted by Crippen LogP contribution is 2.25. The SMILES string of the molecule is COC(=O)C(Cc1cccs1)CN1C(=O)c2ccccc2C1=O. The van der Waals surface area contributed by atoms with Gasteiger partial charge in [-0.2, -0.15) is 0 Å². The van der Waals surface area contributed by atoms with E-state index in [-0.39, 0.29) is 18.4 Å². The Balaban J connectivity index is 1.82. The lowest BCUT2D eigenvalue weighted by molar-refractivity contribution is -0.145. The van der Waals surface area contributed by atoms with Crippen molar-refractivity contribution < 1.29 is 19.1 Å². The van der Waals surface area contributed by atoms with Gasteiger partial charge in [0.1, 0.15) is 0 Å². The Morgan fingerprint density at radius 1 is 1.13 bits per heavy atom. The third kappa shape index (κ3) is 2.90. The van der Waals surface area contributed by atoms with Gasteiger partial charge >= 0.3 is 5.97 Å². The van der Waals surface area contributed by atoms with E-state index in [1.165, 1.54) is 18.4 Å². The summed E-state index contributed by atoms with van der Waals surface area (Å²) in [5.74, 6) is -1.70. The van der Waals surface area contributed by atoms with E-state index in [2.05, 4.69) is 0 Å². The van der Waals surface area contributed by atoms with Gasteiger partial charge in [0, 0.05) is 11.4 Å². The zero-order valence-electron chi connectivity index (χ0n) is 12.5. The molecule has 0 saturated carbocycles. The van der Waals surface area contributed by atoms with Crippen molar-refractivity contribution in [2.24, 2.45) is 5.92 Å². The highest BCUT2D eigenvalue weighted by Gasteiger charge is 2.38. The molecule has 1 atom stereocenters. The predicted octanol–water partition coefficient (Wildman–Crippen LogP) is 2.38. The van der Waals surface area contributed by atoms with Crippen molar-refractivity contribution in [2.75, 3.05) is 13.7 Å². The van der Waals surface area contributed by atoms with Crippen LogP contribution in [0.15, 0.2) is 41.8 Å². The molecular formula is C17H15NO4S. The third-order valence-electron chi connectivity index (χ3n) is 3.84. The maximum absolute atomic E-state index is 12.4. The number of imide groups is 1. The lowest BCUT2D eigenvalue weighted by Crippen LogP contribution is -2.38. The van der Waals surface area contributed by atoms with Gasteiger partial charge in [-0.15, -0.1) is 11.3 Å². The van der Waals surface area contributed by atoms with Crippen molar-refractivity contribution in [3.05, 3.63) is 57.8 Å². The lowest BCUT2D eigenvalue weighted by Gasteiger charge is -2.20. The zero-order valence-corrected chi connectivity index (χ0v) is 13.3. The Labute approximate surface area is 137 Å². The summed E-state index contributed by atoms with van der Waals surface area (Å²) in [7, 11) is 1.31. The molecule has 0 spiro atoms. The fraction of sp³-hybridized carbons (Fsp3) is 0.235. The van der Waals surface area contributed by atoms with Crippen molar-refractivity contribution in [2.45, 2.75) is 6.42 Å². The summed E-state index contributed by atoms with van der Waals surface area (Å²) < 4.78 is 4.84. The minimum Gasteiger partial charge on any atom is -0.469 e. The minimum atomic E-state index is -0.569. The molecule has 118 valence electrons. The molecule has 5 nitrogen and oxygen atoms in total. The second-order valence-corrected chi connectivity index (χ2v) is 6.30. The van der Waals surface area contributed by atoms with Gasteiger partial charge < -0.3 is 4.74 Å². The van der Waals surface area contributed by atoms with Gasteiger partial charge in [0.25, 0.3) is 11.8 Å². The van der Waals surface area contributed by atoms with Crippen LogP contribution in [0.4, 0.5) is 0 Å². The van der Waals surface area contributed by atoms with Crippen LogP contribution < -0.4 is 0 Å². The Hall–Kier alpha value is -2.47. The van der Waals surface area contributed by atoms with Crippen LogP contribution in [0, 0.1) is 5.92 Å². The summed E-state index contributed by atoms with van der Waals surface area (Å²) in [6, 6.07) is 10.5. The number of esters is 1. The number of carbonyl (C=O) groups is 3. The normalized spacial score (nSPS) is 14.7. The molecule has 2 heterocycles. The third-order valence-corrected chi connectivity index (χ3v) is 4.74. The second kappa shape index (κ2) is 6.34. The number of fused-ring (bicyclic) bond motifs is 1. The summed E-state index contributed by atoms with van der Waals surface area (Å²) in [6.07, 6.45) is 0.442. The van der Waals surface area contributed by atoms with Crippen LogP contribution in [0.1, 0.15) is 25.6 Å². The molecule has 3 rings (SSSR count). The average molecular weight is 329 g/mol. The zero-order chi connectivity index (χ0) is 16.4. The van der Waals surface area contributed by atoms with Crippen LogP contribution in [0.25, 0.3) is 0 Å². The molecule has 2 aromatic rings. The molecule has 0 bridgehead atoms. The average Bonchev–Trinajstić information content (AvgIpc) is 3.16. The Kier molecular flexibility index (Phi) is 4.25. The van der Waals surface area contributed by atoms with E-state index in [1.807, 2.05) is 17.5 Å². The number of methoxy groups -OCH3 is 1. The number of hydrogen-bond acceptors (Lipinski definition) is 5. The topological polar surface area (TPSA) is 63.7 Å². The molecule has 0 N–H and O–H groups in total. The molecule has 1 aromatic heterocycles. The van der Waals surface area contributed by atoms with E-state index in [0.717, 1.165) is 9.78 Å². The van der Waals surface area contributed by atoms with Crippen LogP contribution >= 0.6 is 11.3 Å². The molecule has 23 heavy (non-hydrogen) atoms. The van der Waals surface area contributed by atoms with Crippen molar-refractivity contribution >= 4 is 29.1 Å². The predicted molar refractivity (Wildman–Crippen MR) is 85.3 cm³/mol. The number of ether oxygens (including phenoxy) is 1. The number of carbonyl (C=O) groups excluding carboxylic acids is 3. The molecular weight excluding hydrogens is 314 g/mol. The van der Waals surface area contributed by atoms with Crippen molar-refractivity contribution in [1.82, 2.24) is 4.90 Å². The van der Waals surface area contributed by atoms with Gasteiger partial charge in [0.15, 0.2) is 0 Å². The highest BCUT2D eigenvalue weighted by molar-refractivity contribution is 7.09. The monoisotopic (exact) mass is 329 g/mol. The summed E-state index contributed by atoms with van der Waals surface area (Å²) in [4.78, 5) is 39.0. The molecule has 6 heteroatoms. The molecule has 1 aromatic carbocycles. The fourth-order valence-corrected chi connectivity index (χ4v) is 3.47. The molecule has 0 fully saturated rings. The molecule has 1 aliphatic heterocycles. The highest BCUT2D eigenvalue weighted by atomic mass is 32.1. The Bertz CT molecular complexity index is 719. The number of nitrogens with zero attached hydrogens (tertiary/aromatic N) is 1. The molecule has 0 saturated heterocycles. The first kappa shape index (κ1) is 15.4. The van der Waals surface area contributed by atoms with E-state index >= 15 is 0 Å². The van der Waals surface area contributed by atoms with E-state index < -0.39 is 11.9 Å². The quantitative estimate of drug-likeness (QED) is 0.624. The molecule has 0 aliphatic carbocycles. The molecule has 1 unspecified atom stereocenters. The van der Waals surface area contributed by atoms with Crippen LogP contribution in [0.5, 0.6) is 0 Å². The smallest absolute Gasteiger partial charge is 0.310 e. The minimum absolute atomic E-state index is 0.0247. The Morgan fingerprint density at radius 3 is 2.30 bits per heavy atom. The van der Waals surface area contributed by atoms with Crippen LogP contribution in [0.2, 0.25) is 0 Å². The number of hydrogen-bond donors (Lipinski definition) is 0. The Morgan fingerprint density at radius 2 is 1.78 bits per heavy atom. The number of benzene rings is 1. The molecule has 1 aliphatic rings. The van der Waals surface area contributed by atoms with E-state index in [9.17, 15) is 14.4 Å². The van der Waals surface area contributed by atoms with Crippen LogP contribution in [0.3, 0.4) is 0 Å². The number of thiophene rings is 1. The molecule has 2 amide bonds. The van der Waals surface area contributed by atoms with Crippen molar-refractivity contribution in [3.63, 3.8) is 0 Å². The van der Waals surface area contributed by atoms with Crippen molar-refractivity contribution in [1.29, 1.82) is 0 Å². The second-order valence-electron chi connectivity index (χ2n) is 5.27. The van der Waals surface area contributed by atoms with E-state index in [4.69, 9.17) is 4.74 Å². The van der Waals surface area contributed by atoms with Gasteiger partial charge in [0.05, 0.1) is 24.2 Å². The summed E-state index contributed by atoms with van der Waals surface area (Å²) >= 11 is 1.53. The maximum atomic E-state index is 12.4. The summed E-state index contributed by atoms with van der Waals surface area (Å²) in [6.45, 7) is 0.0247. The first-order valence-corrected chi connectivity index (χ1v) is 8.05. The van der Waals surface area contributed by atoms with E-state index in [1.54, 1.807) is 24.3 Å². The summed E-state index contributed by atoms with van der Waals surface area (Å²) in [5.41, 5.74) is 0.773. The van der Waals surface area contributed by atoms with Crippen molar-refractivity contribution in [3.8, 4) is 0 Å². The first-order chi connectivity index (χ1) is 11.1. The summed E-state index contributed by atoms with van der Waals surface area (Å²) in [5, 5.41) is 1.92. The van der Waals surface area contributed by atoms with Gasteiger partial charge in [0.2, 0.25) is 0 Å². The van der Waals surface area contributed by atoms with E-state index in [0.29, 0.717) is 17.5 Å². The fourth-order valence-electron chi connectivity index (χ4n) is 2.69. The van der Waals surface area contributed by atoms with Gasteiger partial charge in [-0.3, -0.25) is 19.3 Å². The standard InChI is InChI=1S/C17H15NO4S/c1-22-17(21)11(9-12-5-4-8-23-12)10-18-15(19)13-6-2-3-7-14(13)16(18)20/h2-8,11H,9-10H2,1H3. The largest absolute Gasteiger partial charge is 0.469 e. The van der Waals surface area contributed by atoms with Gasteiger partial charge in [-0.1, -0.05) is 18.2 Å².